The number of amides is 2. The SMILES string of the molecule is O=C1N[C@H](c2ccc(OC(F)F)cc2)[C@@H](C(=O)c2ccccc2)[C@@](O)(C(F)(F)F)N1. The normalized spacial score (nSPS) is 24.2. The summed E-state index contributed by atoms with van der Waals surface area (Å²) in [7, 11) is 0. The van der Waals surface area contributed by atoms with E-state index in [0.29, 0.717) is 0 Å². The molecule has 1 aliphatic heterocycles. The molecule has 0 aliphatic carbocycles. The number of hydrogen-bond donors (Lipinski definition) is 3. The summed E-state index contributed by atoms with van der Waals surface area (Å²) in [5, 5.41) is 14.0. The molecule has 11 heteroatoms. The Kier molecular flexibility index (Phi) is 5.66. The number of aliphatic hydroxyl groups is 1. The minimum Gasteiger partial charge on any atom is -0.435 e. The van der Waals surface area contributed by atoms with Crippen LogP contribution < -0.4 is 15.4 Å². The van der Waals surface area contributed by atoms with Gasteiger partial charge in [0.15, 0.2) is 5.78 Å². The van der Waals surface area contributed by atoms with E-state index in [0.717, 1.165) is 24.3 Å². The number of ether oxygens (including phenoxy) is 1. The first-order valence-electron chi connectivity index (χ1n) is 8.55. The average Bonchev–Trinajstić information content (AvgIpc) is 2.67. The third-order valence-electron chi connectivity index (χ3n) is 4.61. The van der Waals surface area contributed by atoms with Gasteiger partial charge in [0.05, 0.1) is 6.04 Å². The van der Waals surface area contributed by atoms with E-state index in [2.05, 4.69) is 10.1 Å². The fourth-order valence-electron chi connectivity index (χ4n) is 3.26. The molecular weight excluding hydrogens is 415 g/mol. The molecular formula is C19H15F5N2O4. The smallest absolute Gasteiger partial charge is 0.435 e. The van der Waals surface area contributed by atoms with Crippen LogP contribution in [0.2, 0.25) is 0 Å². The first-order valence-corrected chi connectivity index (χ1v) is 8.55. The second-order valence-electron chi connectivity index (χ2n) is 6.50. The van der Waals surface area contributed by atoms with Gasteiger partial charge in [-0.3, -0.25) is 4.79 Å². The number of alkyl halides is 5. The maximum Gasteiger partial charge on any atom is 0.437 e. The molecule has 1 aliphatic rings. The lowest BCUT2D eigenvalue weighted by Gasteiger charge is -2.45. The molecule has 160 valence electrons. The van der Waals surface area contributed by atoms with Gasteiger partial charge in [-0.2, -0.15) is 22.0 Å². The van der Waals surface area contributed by atoms with Gasteiger partial charge < -0.3 is 20.5 Å². The quantitative estimate of drug-likeness (QED) is 0.501. The van der Waals surface area contributed by atoms with E-state index < -0.39 is 42.3 Å². The number of carbonyl (C=O) groups is 2. The average molecular weight is 430 g/mol. The maximum atomic E-state index is 13.8. The molecule has 3 rings (SSSR count). The molecule has 0 unspecified atom stereocenters. The van der Waals surface area contributed by atoms with Crippen LogP contribution in [0.1, 0.15) is 22.0 Å². The maximum absolute atomic E-state index is 13.8. The van der Waals surface area contributed by atoms with Crippen molar-refractivity contribution in [1.82, 2.24) is 10.6 Å². The first-order chi connectivity index (χ1) is 14.0. The third kappa shape index (κ3) is 4.06. The first kappa shape index (κ1) is 21.5. The van der Waals surface area contributed by atoms with Crippen molar-refractivity contribution in [1.29, 1.82) is 0 Å². The predicted molar refractivity (Wildman–Crippen MR) is 92.7 cm³/mol. The van der Waals surface area contributed by atoms with Crippen molar-refractivity contribution in [2.75, 3.05) is 0 Å². The van der Waals surface area contributed by atoms with Gasteiger partial charge in [0.2, 0.25) is 5.72 Å². The van der Waals surface area contributed by atoms with Crippen molar-refractivity contribution >= 4 is 11.8 Å². The number of hydrogen-bond acceptors (Lipinski definition) is 4. The van der Waals surface area contributed by atoms with Crippen LogP contribution in [0.25, 0.3) is 0 Å². The summed E-state index contributed by atoms with van der Waals surface area (Å²) in [6.45, 7) is -3.11. The van der Waals surface area contributed by atoms with E-state index in [4.69, 9.17) is 0 Å². The molecule has 3 atom stereocenters. The zero-order valence-electron chi connectivity index (χ0n) is 15.0. The Morgan fingerprint density at radius 2 is 1.67 bits per heavy atom. The largest absolute Gasteiger partial charge is 0.437 e. The Balaban J connectivity index is 2.08. The Labute approximate surface area is 166 Å². The topological polar surface area (TPSA) is 87.7 Å². The van der Waals surface area contributed by atoms with Crippen LogP contribution in [0.3, 0.4) is 0 Å². The lowest BCUT2D eigenvalue weighted by atomic mass is 9.77. The fraction of sp³-hybridized carbons (Fsp3) is 0.263. The van der Waals surface area contributed by atoms with E-state index in [1.807, 2.05) is 0 Å². The van der Waals surface area contributed by atoms with Gasteiger partial charge in [0, 0.05) is 5.56 Å². The highest BCUT2D eigenvalue weighted by Gasteiger charge is 2.66. The molecule has 2 aromatic carbocycles. The van der Waals surface area contributed by atoms with Gasteiger partial charge >= 0.3 is 18.8 Å². The molecule has 0 aromatic heterocycles. The molecule has 0 radical (unpaired) electrons. The van der Waals surface area contributed by atoms with Crippen LogP contribution in [0.15, 0.2) is 54.6 Å². The van der Waals surface area contributed by atoms with Crippen molar-refractivity contribution in [3.63, 3.8) is 0 Å². The minimum atomic E-state index is -5.39. The second-order valence-corrected chi connectivity index (χ2v) is 6.50. The van der Waals surface area contributed by atoms with Gasteiger partial charge in [0.1, 0.15) is 11.7 Å². The summed E-state index contributed by atoms with van der Waals surface area (Å²) in [5.74, 6) is -3.56. The number of carbonyl (C=O) groups excluding carboxylic acids is 2. The van der Waals surface area contributed by atoms with E-state index in [1.165, 1.54) is 29.6 Å². The van der Waals surface area contributed by atoms with Crippen LogP contribution in [0.4, 0.5) is 26.7 Å². The molecule has 2 amide bonds. The summed E-state index contributed by atoms with van der Waals surface area (Å²) < 4.78 is 70.2. The van der Waals surface area contributed by atoms with Crippen LogP contribution in [-0.2, 0) is 0 Å². The number of urea groups is 1. The van der Waals surface area contributed by atoms with Crippen LogP contribution in [-0.4, -0.2) is 35.4 Å². The Hall–Kier alpha value is -3.21. The predicted octanol–water partition coefficient (Wildman–Crippen LogP) is 3.39. The van der Waals surface area contributed by atoms with Gasteiger partial charge in [-0.25, -0.2) is 4.79 Å². The number of halogens is 5. The molecule has 1 heterocycles. The molecule has 1 saturated heterocycles. The molecule has 2 aromatic rings. The molecule has 6 nitrogen and oxygen atoms in total. The molecule has 3 N–H and O–H groups in total. The second kappa shape index (κ2) is 7.90. The molecule has 1 fully saturated rings. The monoisotopic (exact) mass is 430 g/mol. The van der Waals surface area contributed by atoms with E-state index in [9.17, 15) is 36.6 Å². The summed E-state index contributed by atoms with van der Waals surface area (Å²) in [4.78, 5) is 24.9. The lowest BCUT2D eigenvalue weighted by molar-refractivity contribution is -0.287. The van der Waals surface area contributed by atoms with Gasteiger partial charge in [0.25, 0.3) is 0 Å². The molecule has 30 heavy (non-hydrogen) atoms. The highest BCUT2D eigenvalue weighted by molar-refractivity contribution is 6.00. The van der Waals surface area contributed by atoms with E-state index >= 15 is 0 Å². The summed E-state index contributed by atoms with van der Waals surface area (Å²) >= 11 is 0. The van der Waals surface area contributed by atoms with Crippen LogP contribution >= 0.6 is 0 Å². The van der Waals surface area contributed by atoms with Crippen molar-refractivity contribution in [3.05, 3.63) is 65.7 Å². The number of rotatable bonds is 5. The molecule has 0 bridgehead atoms. The highest BCUT2D eigenvalue weighted by atomic mass is 19.4. The summed E-state index contributed by atoms with van der Waals surface area (Å²) in [6, 6.07) is 8.32. The number of benzene rings is 2. The minimum absolute atomic E-state index is 0.0246. The zero-order chi connectivity index (χ0) is 22.1. The van der Waals surface area contributed by atoms with Gasteiger partial charge in [-0.05, 0) is 17.7 Å². The van der Waals surface area contributed by atoms with Crippen molar-refractivity contribution in [3.8, 4) is 5.75 Å². The van der Waals surface area contributed by atoms with Gasteiger partial charge in [-0.15, -0.1) is 0 Å². The number of nitrogens with one attached hydrogen (secondary N) is 2. The highest BCUT2D eigenvalue weighted by Crippen LogP contribution is 2.44. The van der Waals surface area contributed by atoms with Crippen LogP contribution in [0.5, 0.6) is 5.75 Å². The lowest BCUT2D eigenvalue weighted by Crippen LogP contribution is -2.72. The van der Waals surface area contributed by atoms with E-state index in [-0.39, 0.29) is 16.9 Å². The van der Waals surface area contributed by atoms with Crippen LogP contribution in [0, 0.1) is 5.92 Å². The number of ketones is 1. The Bertz CT molecular complexity index is 921. The van der Waals surface area contributed by atoms with Gasteiger partial charge in [-0.1, -0.05) is 42.5 Å². The zero-order valence-corrected chi connectivity index (χ0v) is 15.0. The fourth-order valence-corrected chi connectivity index (χ4v) is 3.26. The van der Waals surface area contributed by atoms with E-state index in [1.54, 1.807) is 6.07 Å². The molecule has 0 saturated carbocycles. The summed E-state index contributed by atoms with van der Waals surface area (Å²) in [6.07, 6.45) is -5.39. The van der Waals surface area contributed by atoms with Crippen molar-refractivity contribution in [2.45, 2.75) is 24.6 Å². The Morgan fingerprint density at radius 1 is 1.07 bits per heavy atom. The molecule has 0 spiro atoms. The number of Topliss-reactive ketones (excluding diaryl/α,β-unsaturated/α-hetero) is 1. The standard InChI is InChI=1S/C19H15F5N2O4/c20-16(21)30-12-8-6-10(7-9-12)14-13(15(27)11-4-2-1-3-5-11)18(29,19(22,23)24)26-17(28)25-14/h1-9,13-14,16,29H,(H2,25,26,28)/t13-,14+,18+/m0/s1. The van der Waals surface area contributed by atoms with Crippen molar-refractivity contribution < 1.29 is 41.4 Å². The summed E-state index contributed by atoms with van der Waals surface area (Å²) in [5.41, 5.74) is -4.01. The Morgan fingerprint density at radius 3 is 2.20 bits per heavy atom. The van der Waals surface area contributed by atoms with Crippen molar-refractivity contribution in [2.24, 2.45) is 5.92 Å². The third-order valence-corrected chi connectivity index (χ3v) is 4.61.